The van der Waals surface area contributed by atoms with Gasteiger partial charge in [-0.25, -0.2) is 4.39 Å². The van der Waals surface area contributed by atoms with Crippen molar-refractivity contribution in [3.63, 3.8) is 0 Å². The lowest BCUT2D eigenvalue weighted by Gasteiger charge is -2.52. The molecule has 0 radical (unpaired) electrons. The van der Waals surface area contributed by atoms with Gasteiger partial charge in [-0.05, 0) is 61.1 Å². The molecule has 4 fully saturated rings. The number of halogens is 1. The van der Waals surface area contributed by atoms with Gasteiger partial charge >= 0.3 is 0 Å². The van der Waals surface area contributed by atoms with Gasteiger partial charge in [-0.2, -0.15) is 0 Å². The van der Waals surface area contributed by atoms with Crippen LogP contribution in [0.1, 0.15) is 37.4 Å². The maximum atomic E-state index is 14.2. The van der Waals surface area contributed by atoms with Gasteiger partial charge in [0.2, 0.25) is 5.91 Å². The van der Waals surface area contributed by atoms with Crippen molar-refractivity contribution in [2.45, 2.75) is 50.1 Å². The Hall–Kier alpha value is -1.66. The summed E-state index contributed by atoms with van der Waals surface area (Å²) in [4.78, 5) is 12.7. The van der Waals surface area contributed by atoms with Crippen LogP contribution in [0.15, 0.2) is 24.3 Å². The minimum atomic E-state index is -0.759. The number of piperidine rings is 1. The summed E-state index contributed by atoms with van der Waals surface area (Å²) in [6, 6.07) is 8.71. The summed E-state index contributed by atoms with van der Waals surface area (Å²) in [5, 5.41) is 10.6. The summed E-state index contributed by atoms with van der Waals surface area (Å²) in [7, 11) is 1.67. The third kappa shape index (κ3) is 2.85. The van der Waals surface area contributed by atoms with E-state index in [1.54, 1.807) is 7.11 Å². The van der Waals surface area contributed by atoms with Crippen LogP contribution in [0.5, 0.6) is 5.75 Å². The molecule has 2 saturated heterocycles. The van der Waals surface area contributed by atoms with Gasteiger partial charge in [0.25, 0.3) is 0 Å². The van der Waals surface area contributed by atoms with Gasteiger partial charge in [0.15, 0.2) is 0 Å². The fourth-order valence-corrected chi connectivity index (χ4v) is 6.21. The summed E-state index contributed by atoms with van der Waals surface area (Å²) < 4.78 is 19.5. The fourth-order valence-electron chi connectivity index (χ4n) is 6.21. The van der Waals surface area contributed by atoms with E-state index in [1.807, 2.05) is 12.1 Å². The molecule has 1 aromatic carbocycles. The zero-order valence-electron chi connectivity index (χ0n) is 15.7. The van der Waals surface area contributed by atoms with Gasteiger partial charge in [0.1, 0.15) is 11.9 Å². The summed E-state index contributed by atoms with van der Waals surface area (Å²) in [6.45, 7) is 0.731. The Morgan fingerprint density at radius 3 is 2.48 bits per heavy atom. The normalized spacial score (nSPS) is 43.3. The Morgan fingerprint density at radius 2 is 1.74 bits per heavy atom. The molecule has 3 N–H and O–H groups in total. The number of alkyl halides is 1. The number of hydrogen-bond acceptors (Lipinski definition) is 4. The molecule has 27 heavy (non-hydrogen) atoms. The highest BCUT2D eigenvalue weighted by Crippen LogP contribution is 2.51. The van der Waals surface area contributed by atoms with Gasteiger partial charge in [-0.1, -0.05) is 12.1 Å². The quantitative estimate of drug-likeness (QED) is 0.743. The highest BCUT2D eigenvalue weighted by Gasteiger charge is 2.57. The zero-order chi connectivity index (χ0) is 18.5. The van der Waals surface area contributed by atoms with Gasteiger partial charge < -0.3 is 10.1 Å². The van der Waals surface area contributed by atoms with E-state index in [1.165, 1.54) is 5.56 Å². The van der Waals surface area contributed by atoms with Crippen molar-refractivity contribution in [3.8, 4) is 5.75 Å². The lowest BCUT2D eigenvalue weighted by Crippen LogP contribution is -2.63. The van der Waals surface area contributed by atoms with E-state index >= 15 is 0 Å². The molecule has 0 bridgehead atoms. The molecule has 0 spiro atoms. The molecule has 0 aromatic heterocycles. The van der Waals surface area contributed by atoms with E-state index in [4.69, 9.17) is 4.74 Å². The molecule has 8 atom stereocenters. The maximum Gasteiger partial charge on any atom is 0.223 e. The second kappa shape index (κ2) is 6.74. The van der Waals surface area contributed by atoms with Crippen molar-refractivity contribution in [2.75, 3.05) is 13.7 Å². The minimum absolute atomic E-state index is 0.0486. The van der Waals surface area contributed by atoms with Crippen LogP contribution in [-0.2, 0) is 4.79 Å². The summed E-state index contributed by atoms with van der Waals surface area (Å²) in [5.74, 6) is 1.74. The van der Waals surface area contributed by atoms with Crippen molar-refractivity contribution in [1.82, 2.24) is 16.0 Å². The van der Waals surface area contributed by atoms with Crippen molar-refractivity contribution >= 4 is 5.91 Å². The molecule has 2 aliphatic heterocycles. The minimum Gasteiger partial charge on any atom is -0.497 e. The number of nitrogens with one attached hydrogen (secondary N) is 3. The first-order chi connectivity index (χ1) is 13.2. The average molecular weight is 373 g/mol. The van der Waals surface area contributed by atoms with Crippen LogP contribution in [-0.4, -0.2) is 37.8 Å². The first-order valence-corrected chi connectivity index (χ1v) is 10.2. The lowest BCUT2D eigenvalue weighted by atomic mass is 9.56. The highest BCUT2D eigenvalue weighted by atomic mass is 19.1. The number of amides is 1. The van der Waals surface area contributed by atoms with Gasteiger partial charge in [-0.3, -0.25) is 15.4 Å². The van der Waals surface area contributed by atoms with E-state index in [-0.39, 0.29) is 35.9 Å². The Labute approximate surface area is 159 Å². The third-order valence-corrected chi connectivity index (χ3v) is 7.37. The number of rotatable bonds is 2. The van der Waals surface area contributed by atoms with E-state index in [9.17, 15) is 9.18 Å². The van der Waals surface area contributed by atoms with Crippen molar-refractivity contribution in [1.29, 1.82) is 0 Å². The van der Waals surface area contributed by atoms with Crippen LogP contribution in [0.2, 0.25) is 0 Å². The molecule has 2 heterocycles. The van der Waals surface area contributed by atoms with Gasteiger partial charge in [0, 0.05) is 24.5 Å². The van der Waals surface area contributed by atoms with Gasteiger partial charge in [-0.15, -0.1) is 0 Å². The van der Waals surface area contributed by atoms with Crippen LogP contribution in [0.4, 0.5) is 4.39 Å². The van der Waals surface area contributed by atoms with Crippen LogP contribution >= 0.6 is 0 Å². The Balaban J connectivity index is 1.44. The first-order valence-electron chi connectivity index (χ1n) is 10.2. The smallest absolute Gasteiger partial charge is 0.223 e. The van der Waals surface area contributed by atoms with Crippen LogP contribution in [0.3, 0.4) is 0 Å². The third-order valence-electron chi connectivity index (χ3n) is 7.37. The number of fused-ring (bicyclic) bond motifs is 6. The largest absolute Gasteiger partial charge is 0.497 e. The molecule has 5 rings (SSSR count). The molecule has 6 heteroatoms. The number of carbonyl (C=O) groups is 1. The van der Waals surface area contributed by atoms with E-state index in [2.05, 4.69) is 28.1 Å². The molecule has 146 valence electrons. The molecular weight excluding hydrogens is 345 g/mol. The van der Waals surface area contributed by atoms with E-state index in [0.717, 1.165) is 25.1 Å². The molecule has 2 saturated carbocycles. The predicted octanol–water partition coefficient (Wildman–Crippen LogP) is 2.14. The molecule has 2 aliphatic carbocycles. The lowest BCUT2D eigenvalue weighted by molar-refractivity contribution is -0.138. The first kappa shape index (κ1) is 17.4. The Morgan fingerprint density at radius 1 is 1.00 bits per heavy atom. The summed E-state index contributed by atoms with van der Waals surface area (Å²) in [5.41, 5.74) is 1.18. The Kier molecular flexibility index (Phi) is 4.36. The average Bonchev–Trinajstić information content (AvgIpc) is 3.13. The fraction of sp³-hybridized carbons (Fsp3) is 0.667. The summed E-state index contributed by atoms with van der Waals surface area (Å²) in [6.07, 6.45) is 2.31. The van der Waals surface area contributed by atoms with E-state index in [0.29, 0.717) is 24.8 Å². The molecule has 1 amide bonds. The Bertz CT molecular complexity index is 712. The molecular formula is C21H28FN3O2. The van der Waals surface area contributed by atoms with Crippen LogP contribution in [0, 0.1) is 23.7 Å². The predicted molar refractivity (Wildman–Crippen MR) is 99.9 cm³/mol. The standard InChI is InChI=1S/C21H28FN3O2/c1-27-13-5-2-11(3-6-13)20-24-18-14-7-4-12(22)10-16(14)17-15(19(18)25-20)8-9-23-21(17)26/h2-3,5-6,12,14-20,24-25H,4,7-10H2,1H3,(H,23,26). The SMILES string of the molecule is COc1ccc(C2NC3C4CCC(F)CC4C4C(=O)NCCC4C3N2)cc1. The monoisotopic (exact) mass is 373 g/mol. The molecule has 5 nitrogen and oxygen atoms in total. The summed E-state index contributed by atoms with van der Waals surface area (Å²) >= 11 is 0. The number of benzene rings is 1. The zero-order valence-corrected chi connectivity index (χ0v) is 15.7. The maximum absolute atomic E-state index is 14.2. The van der Waals surface area contributed by atoms with Gasteiger partial charge in [0.05, 0.1) is 13.3 Å². The van der Waals surface area contributed by atoms with Crippen LogP contribution < -0.4 is 20.7 Å². The van der Waals surface area contributed by atoms with Crippen molar-refractivity contribution < 1.29 is 13.9 Å². The molecule has 4 aliphatic rings. The molecule has 1 aromatic rings. The number of methoxy groups -OCH3 is 1. The molecule has 8 unspecified atom stereocenters. The van der Waals surface area contributed by atoms with Crippen molar-refractivity contribution in [3.05, 3.63) is 29.8 Å². The second-order valence-electron chi connectivity index (χ2n) is 8.60. The number of ether oxygens (including phenoxy) is 1. The van der Waals surface area contributed by atoms with E-state index < -0.39 is 6.17 Å². The number of carbonyl (C=O) groups excluding carboxylic acids is 1. The van der Waals surface area contributed by atoms with Crippen molar-refractivity contribution in [2.24, 2.45) is 23.7 Å². The second-order valence-corrected chi connectivity index (χ2v) is 8.60. The van der Waals surface area contributed by atoms with Crippen LogP contribution in [0.25, 0.3) is 0 Å². The topological polar surface area (TPSA) is 62.4 Å². The number of hydrogen-bond donors (Lipinski definition) is 3. The highest BCUT2D eigenvalue weighted by molar-refractivity contribution is 5.80.